The third-order valence-corrected chi connectivity index (χ3v) is 2.53. The van der Waals surface area contributed by atoms with Crippen LogP contribution in [0.2, 0.25) is 0 Å². The van der Waals surface area contributed by atoms with Gasteiger partial charge in [0.1, 0.15) is 11.3 Å². The average molecular weight is 307 g/mol. The normalized spacial score (nSPS) is 12.1. The molecular weight excluding hydrogens is 294 g/mol. The second-order valence-corrected chi connectivity index (χ2v) is 4.44. The summed E-state index contributed by atoms with van der Waals surface area (Å²) in [5, 5.41) is -0.799. The van der Waals surface area contributed by atoms with E-state index in [1.807, 2.05) is 0 Å². The predicted molar refractivity (Wildman–Crippen MR) is 68.7 cm³/mol. The number of carbonyl (C=O) groups excluding carboxylic acids is 2. The Kier molecular flexibility index (Phi) is 5.88. The number of benzene rings is 1. The summed E-state index contributed by atoms with van der Waals surface area (Å²) in [5.74, 6) is -1.63. The molecule has 1 aromatic rings. The van der Waals surface area contributed by atoms with Crippen LogP contribution in [0.3, 0.4) is 0 Å². The van der Waals surface area contributed by atoms with E-state index in [1.165, 1.54) is 13.0 Å². The Hall–Kier alpha value is -1.69. The maximum Gasteiger partial charge on any atom is 0.387 e. The van der Waals surface area contributed by atoms with Gasteiger partial charge in [0.25, 0.3) is 0 Å². The summed E-state index contributed by atoms with van der Waals surface area (Å²) in [5.41, 5.74) is -0.118. The van der Waals surface area contributed by atoms with Crippen LogP contribution < -0.4 is 4.74 Å². The quantitative estimate of drug-likeness (QED) is 0.460. The van der Waals surface area contributed by atoms with Gasteiger partial charge in [-0.25, -0.2) is 4.79 Å². The number of Topliss-reactive ketones (excluding diaryl/α,β-unsaturated/α-hetero) is 1. The van der Waals surface area contributed by atoms with E-state index >= 15 is 0 Å². The molecule has 0 aliphatic carbocycles. The van der Waals surface area contributed by atoms with Crippen molar-refractivity contribution in [2.75, 3.05) is 6.61 Å². The lowest BCUT2D eigenvalue weighted by molar-refractivity contribution is -0.0504. The molecule has 0 saturated carbocycles. The van der Waals surface area contributed by atoms with Gasteiger partial charge >= 0.3 is 12.6 Å². The lowest BCUT2D eigenvalue weighted by Gasteiger charge is -2.12. The minimum atomic E-state index is -3.09. The van der Waals surface area contributed by atoms with Gasteiger partial charge in [0, 0.05) is 5.56 Å². The van der Waals surface area contributed by atoms with Crippen LogP contribution in [0.25, 0.3) is 0 Å². The molecule has 1 rings (SSSR count). The van der Waals surface area contributed by atoms with Crippen molar-refractivity contribution in [3.05, 3.63) is 29.3 Å². The number of rotatable bonds is 6. The summed E-state index contributed by atoms with van der Waals surface area (Å²) >= 11 is 5.66. The van der Waals surface area contributed by atoms with Crippen molar-refractivity contribution >= 4 is 23.4 Å². The minimum Gasteiger partial charge on any atom is -0.462 e. The van der Waals surface area contributed by atoms with Crippen LogP contribution in [0.5, 0.6) is 5.75 Å². The first kappa shape index (κ1) is 16.4. The highest BCUT2D eigenvalue weighted by atomic mass is 35.5. The highest BCUT2D eigenvalue weighted by molar-refractivity contribution is 6.33. The molecule has 4 nitrogen and oxygen atoms in total. The zero-order valence-corrected chi connectivity index (χ0v) is 11.6. The largest absolute Gasteiger partial charge is 0.462 e. The molecule has 0 bridgehead atoms. The Bertz CT molecular complexity index is 503. The summed E-state index contributed by atoms with van der Waals surface area (Å²) in [6.45, 7) is 0.0206. The Labute approximate surface area is 119 Å². The van der Waals surface area contributed by atoms with E-state index in [-0.39, 0.29) is 23.5 Å². The topological polar surface area (TPSA) is 52.6 Å². The number of ether oxygens (including phenoxy) is 2. The monoisotopic (exact) mass is 306 g/mol. The van der Waals surface area contributed by atoms with Crippen molar-refractivity contribution in [1.82, 2.24) is 0 Å². The fourth-order valence-electron chi connectivity index (χ4n) is 1.48. The van der Waals surface area contributed by atoms with E-state index in [2.05, 4.69) is 4.74 Å². The van der Waals surface area contributed by atoms with E-state index in [9.17, 15) is 18.4 Å². The summed E-state index contributed by atoms with van der Waals surface area (Å²) < 4.78 is 33.5. The first-order chi connectivity index (χ1) is 9.36. The van der Waals surface area contributed by atoms with Gasteiger partial charge in [0.05, 0.1) is 12.0 Å². The van der Waals surface area contributed by atoms with Crippen molar-refractivity contribution < 1.29 is 27.8 Å². The molecule has 0 spiro atoms. The third kappa shape index (κ3) is 4.16. The van der Waals surface area contributed by atoms with Gasteiger partial charge in [-0.05, 0) is 32.0 Å². The number of hydrogen-bond donors (Lipinski definition) is 0. The van der Waals surface area contributed by atoms with Crippen molar-refractivity contribution in [3.8, 4) is 5.75 Å². The smallest absolute Gasteiger partial charge is 0.387 e. The average Bonchev–Trinajstić information content (AvgIpc) is 2.37. The highest BCUT2D eigenvalue weighted by Crippen LogP contribution is 2.24. The Morgan fingerprint density at radius 3 is 2.50 bits per heavy atom. The van der Waals surface area contributed by atoms with Crippen LogP contribution in [0.1, 0.15) is 34.6 Å². The van der Waals surface area contributed by atoms with Crippen molar-refractivity contribution in [1.29, 1.82) is 0 Å². The number of carbonyl (C=O) groups is 2. The first-order valence-electron chi connectivity index (χ1n) is 5.81. The van der Waals surface area contributed by atoms with Gasteiger partial charge in [-0.2, -0.15) is 8.78 Å². The molecule has 0 aromatic heterocycles. The minimum absolute atomic E-state index is 0.0665. The fraction of sp³-hybridized carbons (Fsp3) is 0.385. The van der Waals surface area contributed by atoms with Crippen LogP contribution >= 0.6 is 11.6 Å². The molecule has 0 saturated heterocycles. The number of halogens is 3. The maximum absolute atomic E-state index is 12.3. The molecule has 0 amide bonds. The third-order valence-electron chi connectivity index (χ3n) is 2.34. The molecule has 1 unspecified atom stereocenters. The molecule has 0 aliphatic rings. The van der Waals surface area contributed by atoms with Gasteiger partial charge < -0.3 is 9.47 Å². The van der Waals surface area contributed by atoms with Gasteiger partial charge in [0.2, 0.25) is 0 Å². The second-order valence-electron chi connectivity index (χ2n) is 3.79. The van der Waals surface area contributed by atoms with E-state index in [0.717, 1.165) is 12.1 Å². The lowest BCUT2D eigenvalue weighted by atomic mass is 10.0. The van der Waals surface area contributed by atoms with Crippen molar-refractivity contribution in [2.24, 2.45) is 0 Å². The molecule has 110 valence electrons. The SMILES string of the molecule is CCOC(=O)c1cc(C(=O)C(C)Cl)ccc1OC(F)F. The zero-order chi connectivity index (χ0) is 15.3. The summed E-state index contributed by atoms with van der Waals surface area (Å²) in [6, 6.07) is 3.52. The Morgan fingerprint density at radius 1 is 1.35 bits per heavy atom. The summed E-state index contributed by atoms with van der Waals surface area (Å²) in [7, 11) is 0. The molecule has 20 heavy (non-hydrogen) atoms. The van der Waals surface area contributed by atoms with Crippen molar-refractivity contribution in [3.63, 3.8) is 0 Å². The molecular formula is C13H13ClF2O4. The zero-order valence-electron chi connectivity index (χ0n) is 10.9. The molecule has 1 atom stereocenters. The highest BCUT2D eigenvalue weighted by Gasteiger charge is 2.21. The van der Waals surface area contributed by atoms with E-state index in [1.54, 1.807) is 6.92 Å². The Balaban J connectivity index is 3.20. The fourth-order valence-corrected chi connectivity index (χ4v) is 1.61. The van der Waals surface area contributed by atoms with Crippen LogP contribution in [-0.4, -0.2) is 30.3 Å². The first-order valence-corrected chi connectivity index (χ1v) is 6.24. The number of esters is 1. The van der Waals surface area contributed by atoms with Crippen LogP contribution in [0, 0.1) is 0 Å². The molecule has 0 fully saturated rings. The van der Waals surface area contributed by atoms with Crippen LogP contribution in [-0.2, 0) is 4.74 Å². The summed E-state index contributed by atoms with van der Waals surface area (Å²) in [4.78, 5) is 23.4. The van der Waals surface area contributed by atoms with E-state index in [0.29, 0.717) is 0 Å². The van der Waals surface area contributed by atoms with Crippen LogP contribution in [0.15, 0.2) is 18.2 Å². The van der Waals surface area contributed by atoms with Crippen molar-refractivity contribution in [2.45, 2.75) is 25.8 Å². The molecule has 1 aromatic carbocycles. The van der Waals surface area contributed by atoms with Gasteiger partial charge in [-0.15, -0.1) is 11.6 Å². The second kappa shape index (κ2) is 7.19. The Morgan fingerprint density at radius 2 is 2.00 bits per heavy atom. The van der Waals surface area contributed by atoms with Gasteiger partial charge in [0.15, 0.2) is 5.78 Å². The number of alkyl halides is 3. The summed E-state index contributed by atoms with van der Waals surface area (Å²) in [6.07, 6.45) is 0. The van der Waals surface area contributed by atoms with Gasteiger partial charge in [-0.3, -0.25) is 4.79 Å². The number of hydrogen-bond acceptors (Lipinski definition) is 4. The predicted octanol–water partition coefficient (Wildman–Crippen LogP) is 3.27. The molecule has 0 N–H and O–H groups in total. The van der Waals surface area contributed by atoms with Gasteiger partial charge in [-0.1, -0.05) is 0 Å². The molecule has 0 radical (unpaired) electrons. The molecule has 7 heteroatoms. The molecule has 0 heterocycles. The van der Waals surface area contributed by atoms with E-state index < -0.39 is 23.7 Å². The lowest BCUT2D eigenvalue weighted by Crippen LogP contribution is -2.14. The number of ketones is 1. The van der Waals surface area contributed by atoms with E-state index in [4.69, 9.17) is 16.3 Å². The molecule has 0 aliphatic heterocycles. The standard InChI is InChI=1S/C13H13ClF2O4/c1-3-19-12(18)9-6-8(11(17)7(2)14)4-5-10(9)20-13(15)16/h4-7,13H,3H2,1-2H3. The maximum atomic E-state index is 12.3. The van der Waals surface area contributed by atoms with Crippen LogP contribution in [0.4, 0.5) is 8.78 Å².